The minimum absolute atomic E-state index is 0.208. The molecule has 0 spiro atoms. The van der Waals surface area contributed by atoms with Gasteiger partial charge in [0.2, 0.25) is 0 Å². The number of nitrogens with zero attached hydrogens (tertiary/aromatic N) is 1. The van der Waals surface area contributed by atoms with Gasteiger partial charge in [-0.05, 0) is 19.1 Å². The highest BCUT2D eigenvalue weighted by Gasteiger charge is 2.09. The molecule has 0 aromatic heterocycles. The molecule has 0 heterocycles. The number of hydrogen-bond donors (Lipinski definition) is 0. The van der Waals surface area contributed by atoms with Gasteiger partial charge < -0.3 is 4.90 Å². The van der Waals surface area contributed by atoms with E-state index in [-0.39, 0.29) is 5.82 Å². The van der Waals surface area contributed by atoms with Crippen molar-refractivity contribution >= 4 is 21.6 Å². The molecule has 0 N–H and O–H groups in total. The summed E-state index contributed by atoms with van der Waals surface area (Å²) in [6, 6.07) is 6.76. The smallest absolute Gasteiger partial charge is 0.146 e. The van der Waals surface area contributed by atoms with Gasteiger partial charge in [0, 0.05) is 17.6 Å². The summed E-state index contributed by atoms with van der Waals surface area (Å²) in [5.74, 6) is -0.208. The normalized spacial score (nSPS) is 10.7. The van der Waals surface area contributed by atoms with Gasteiger partial charge in [-0.15, -0.1) is 0 Å². The van der Waals surface area contributed by atoms with Crippen LogP contribution >= 0.6 is 15.9 Å². The molecule has 0 bridgehead atoms. The molecule has 0 atom stereocenters. The van der Waals surface area contributed by atoms with Gasteiger partial charge in [-0.3, -0.25) is 0 Å². The second kappa shape index (κ2) is 6.48. The van der Waals surface area contributed by atoms with E-state index >= 15 is 0 Å². The molecule has 0 aliphatic rings. The standard InChI is InChI=1S/C13H15BrFN/c1-3-4-9-16(10-11(2)14)13-8-6-5-7-12(13)15/h3-8H,2,9-10H2,1H3/b4-3-. The van der Waals surface area contributed by atoms with Crippen molar-refractivity contribution in [2.45, 2.75) is 6.92 Å². The first-order valence-electron chi connectivity index (χ1n) is 5.09. The molecule has 1 aromatic rings. The lowest BCUT2D eigenvalue weighted by molar-refractivity contribution is 0.623. The maximum Gasteiger partial charge on any atom is 0.146 e. The van der Waals surface area contributed by atoms with Crippen molar-refractivity contribution in [1.82, 2.24) is 0 Å². The molecule has 0 saturated carbocycles. The first-order chi connectivity index (χ1) is 7.65. The van der Waals surface area contributed by atoms with Crippen LogP contribution in [0.5, 0.6) is 0 Å². The molecule has 0 radical (unpaired) electrons. The van der Waals surface area contributed by atoms with Gasteiger partial charge >= 0.3 is 0 Å². The monoisotopic (exact) mass is 283 g/mol. The molecule has 0 aliphatic carbocycles. The summed E-state index contributed by atoms with van der Waals surface area (Å²) in [4.78, 5) is 1.92. The minimum Gasteiger partial charge on any atom is -0.361 e. The third-order valence-corrected chi connectivity index (χ3v) is 2.37. The van der Waals surface area contributed by atoms with E-state index in [9.17, 15) is 4.39 Å². The number of hydrogen-bond acceptors (Lipinski definition) is 1. The number of halogens is 2. The number of allylic oxidation sites excluding steroid dienone is 1. The Morgan fingerprint density at radius 2 is 2.19 bits per heavy atom. The number of rotatable bonds is 5. The highest BCUT2D eigenvalue weighted by molar-refractivity contribution is 9.11. The van der Waals surface area contributed by atoms with Crippen LogP contribution in [0.1, 0.15) is 6.92 Å². The fraction of sp³-hybridized carbons (Fsp3) is 0.231. The lowest BCUT2D eigenvalue weighted by Gasteiger charge is -2.23. The molecule has 1 aromatic carbocycles. The fourth-order valence-corrected chi connectivity index (χ4v) is 1.70. The Hall–Kier alpha value is -1.09. The van der Waals surface area contributed by atoms with Crippen molar-refractivity contribution in [3.63, 3.8) is 0 Å². The van der Waals surface area contributed by atoms with E-state index < -0.39 is 0 Å². The topological polar surface area (TPSA) is 3.24 Å². The summed E-state index contributed by atoms with van der Waals surface area (Å²) in [5.41, 5.74) is 0.598. The summed E-state index contributed by atoms with van der Waals surface area (Å²) >= 11 is 3.31. The largest absolute Gasteiger partial charge is 0.361 e. The molecule has 1 rings (SSSR count). The van der Waals surface area contributed by atoms with Crippen LogP contribution in [0.15, 0.2) is 47.5 Å². The van der Waals surface area contributed by atoms with E-state index in [0.29, 0.717) is 18.8 Å². The summed E-state index contributed by atoms with van der Waals surface area (Å²) in [5, 5.41) is 0. The fourth-order valence-electron chi connectivity index (χ4n) is 1.40. The molecule has 0 fully saturated rings. The van der Waals surface area contributed by atoms with Crippen LogP contribution < -0.4 is 4.90 Å². The van der Waals surface area contributed by atoms with E-state index in [4.69, 9.17) is 0 Å². The SMILES string of the molecule is C=C(Br)CN(C/C=C\C)c1ccccc1F. The van der Waals surface area contributed by atoms with E-state index in [0.717, 1.165) is 4.48 Å². The summed E-state index contributed by atoms with van der Waals surface area (Å²) < 4.78 is 14.4. The van der Waals surface area contributed by atoms with Crippen molar-refractivity contribution in [2.24, 2.45) is 0 Å². The van der Waals surface area contributed by atoms with Crippen molar-refractivity contribution in [1.29, 1.82) is 0 Å². The van der Waals surface area contributed by atoms with E-state index in [2.05, 4.69) is 22.5 Å². The van der Waals surface area contributed by atoms with Gasteiger partial charge in [0.05, 0.1) is 5.69 Å². The van der Waals surface area contributed by atoms with Gasteiger partial charge in [0.1, 0.15) is 5.82 Å². The average molecular weight is 284 g/mol. The maximum atomic E-state index is 13.6. The second-order valence-corrected chi connectivity index (χ2v) is 4.54. The summed E-state index contributed by atoms with van der Waals surface area (Å²) in [6.07, 6.45) is 3.94. The molecule has 0 unspecified atom stereocenters. The molecular weight excluding hydrogens is 269 g/mol. The van der Waals surface area contributed by atoms with Crippen molar-refractivity contribution in [2.75, 3.05) is 18.0 Å². The molecule has 0 saturated heterocycles. The van der Waals surface area contributed by atoms with Gasteiger partial charge in [-0.25, -0.2) is 4.39 Å². The van der Waals surface area contributed by atoms with Gasteiger partial charge in [0.15, 0.2) is 0 Å². The van der Waals surface area contributed by atoms with Crippen LogP contribution in [0.4, 0.5) is 10.1 Å². The second-order valence-electron chi connectivity index (χ2n) is 3.42. The zero-order valence-electron chi connectivity index (χ0n) is 9.29. The number of anilines is 1. The van der Waals surface area contributed by atoms with Crippen molar-refractivity contribution in [3.8, 4) is 0 Å². The van der Waals surface area contributed by atoms with Crippen molar-refractivity contribution in [3.05, 3.63) is 53.3 Å². The van der Waals surface area contributed by atoms with Crippen LogP contribution in [-0.2, 0) is 0 Å². The third kappa shape index (κ3) is 3.81. The molecule has 1 nitrogen and oxygen atoms in total. The zero-order valence-corrected chi connectivity index (χ0v) is 10.9. The van der Waals surface area contributed by atoms with Gasteiger partial charge in [-0.2, -0.15) is 0 Å². The van der Waals surface area contributed by atoms with Crippen LogP contribution in [0.2, 0.25) is 0 Å². The predicted octanol–water partition coefficient (Wildman–Crippen LogP) is 4.12. The predicted molar refractivity (Wildman–Crippen MR) is 71.5 cm³/mol. The Morgan fingerprint density at radius 3 is 2.75 bits per heavy atom. The lowest BCUT2D eigenvalue weighted by atomic mass is 10.2. The zero-order chi connectivity index (χ0) is 12.0. The summed E-state index contributed by atoms with van der Waals surface area (Å²) in [6.45, 7) is 6.99. The molecule has 16 heavy (non-hydrogen) atoms. The van der Waals surface area contributed by atoms with Crippen LogP contribution in [0.25, 0.3) is 0 Å². The summed E-state index contributed by atoms with van der Waals surface area (Å²) in [7, 11) is 0. The Kier molecular flexibility index (Phi) is 5.26. The molecule has 0 amide bonds. The van der Waals surface area contributed by atoms with Gasteiger partial charge in [0.25, 0.3) is 0 Å². The van der Waals surface area contributed by atoms with Crippen LogP contribution in [0, 0.1) is 5.82 Å². The Balaban J connectivity index is 2.91. The Bertz CT molecular complexity index is 387. The molecule has 3 heteroatoms. The van der Waals surface area contributed by atoms with E-state index in [1.54, 1.807) is 12.1 Å². The highest BCUT2D eigenvalue weighted by atomic mass is 79.9. The van der Waals surface area contributed by atoms with Crippen molar-refractivity contribution < 1.29 is 4.39 Å². The quantitative estimate of drug-likeness (QED) is 0.735. The first kappa shape index (κ1) is 13.0. The van der Waals surface area contributed by atoms with Crippen LogP contribution in [0.3, 0.4) is 0 Å². The average Bonchev–Trinajstić information content (AvgIpc) is 2.24. The Morgan fingerprint density at radius 1 is 1.50 bits per heavy atom. The maximum absolute atomic E-state index is 13.6. The van der Waals surface area contributed by atoms with E-state index in [1.165, 1.54) is 6.07 Å². The lowest BCUT2D eigenvalue weighted by Crippen LogP contribution is -2.25. The van der Waals surface area contributed by atoms with E-state index in [1.807, 2.05) is 30.0 Å². The third-order valence-electron chi connectivity index (χ3n) is 2.12. The number of para-hydroxylation sites is 1. The molecular formula is C13H15BrFN. The highest BCUT2D eigenvalue weighted by Crippen LogP contribution is 2.20. The minimum atomic E-state index is -0.208. The van der Waals surface area contributed by atoms with Crippen LogP contribution in [-0.4, -0.2) is 13.1 Å². The van der Waals surface area contributed by atoms with Gasteiger partial charge in [-0.1, -0.05) is 46.8 Å². The Labute approximate surface area is 104 Å². The first-order valence-corrected chi connectivity index (χ1v) is 5.88. The molecule has 86 valence electrons. The number of benzene rings is 1. The molecule has 0 aliphatic heterocycles.